The summed E-state index contributed by atoms with van der Waals surface area (Å²) in [6.07, 6.45) is 3.87. The van der Waals surface area contributed by atoms with Crippen molar-refractivity contribution in [1.29, 1.82) is 0 Å². The fourth-order valence-corrected chi connectivity index (χ4v) is 1.85. The van der Waals surface area contributed by atoms with Crippen LogP contribution in [0.1, 0.15) is 5.56 Å². The number of ether oxygens (including phenoxy) is 1. The summed E-state index contributed by atoms with van der Waals surface area (Å²) in [5, 5.41) is 0. The van der Waals surface area contributed by atoms with Gasteiger partial charge in [-0.3, -0.25) is 0 Å². The summed E-state index contributed by atoms with van der Waals surface area (Å²) in [7, 11) is 3.71. The molecule has 0 aliphatic carbocycles. The maximum Gasteiger partial charge on any atom is 0.118 e. The van der Waals surface area contributed by atoms with Gasteiger partial charge in [-0.2, -0.15) is 0 Å². The Bertz CT molecular complexity index is 633. The molecule has 106 valence electrons. The number of allylic oxidation sites excluding steroid dienone is 1. The Hall–Kier alpha value is -2.66. The zero-order chi connectivity index (χ0) is 14.9. The van der Waals surface area contributed by atoms with Crippen molar-refractivity contribution in [2.45, 2.75) is 0 Å². The smallest absolute Gasteiger partial charge is 0.118 e. The molecule has 0 spiro atoms. The summed E-state index contributed by atoms with van der Waals surface area (Å²) in [6.45, 7) is 0.705. The number of hydrogen-bond acceptors (Lipinski definition) is 2. The molecule has 0 unspecified atom stereocenters. The fourth-order valence-electron chi connectivity index (χ4n) is 1.85. The van der Waals surface area contributed by atoms with Crippen molar-refractivity contribution >= 4 is 11.8 Å². The Morgan fingerprint density at radius 3 is 2.43 bits per heavy atom. The Labute approximate surface area is 126 Å². The first-order chi connectivity index (χ1) is 10.3. The van der Waals surface area contributed by atoms with Gasteiger partial charge in [0.05, 0.1) is 13.7 Å². The molecule has 0 heterocycles. The average molecular weight is 277 g/mol. The number of para-hydroxylation sites is 1. The van der Waals surface area contributed by atoms with E-state index in [4.69, 9.17) is 4.74 Å². The maximum atomic E-state index is 5.12. The first kappa shape index (κ1) is 14.7. The molecule has 0 saturated carbocycles. The van der Waals surface area contributed by atoms with Crippen molar-refractivity contribution in [2.75, 3.05) is 25.6 Å². The molecule has 0 aliphatic rings. The SMILES string of the molecule is COc1ccc(/C=C/C#CCN(C)c2ccccc2)cc1. The van der Waals surface area contributed by atoms with E-state index >= 15 is 0 Å². The highest BCUT2D eigenvalue weighted by Crippen LogP contribution is 2.12. The molecule has 2 rings (SSSR count). The van der Waals surface area contributed by atoms with E-state index in [-0.39, 0.29) is 0 Å². The van der Waals surface area contributed by atoms with E-state index in [2.05, 4.69) is 28.9 Å². The number of anilines is 1. The summed E-state index contributed by atoms with van der Waals surface area (Å²) in [6, 6.07) is 18.1. The molecule has 2 aromatic rings. The van der Waals surface area contributed by atoms with E-state index < -0.39 is 0 Å². The molecular formula is C19H19NO. The highest BCUT2D eigenvalue weighted by atomic mass is 16.5. The van der Waals surface area contributed by atoms with Crippen LogP contribution in [0.15, 0.2) is 60.7 Å². The Kier molecular flexibility index (Phi) is 5.49. The highest BCUT2D eigenvalue weighted by Gasteiger charge is 1.95. The first-order valence-corrected chi connectivity index (χ1v) is 6.85. The van der Waals surface area contributed by atoms with Crippen molar-refractivity contribution in [3.05, 3.63) is 66.2 Å². The van der Waals surface area contributed by atoms with Gasteiger partial charge < -0.3 is 9.64 Å². The molecule has 0 atom stereocenters. The van der Waals surface area contributed by atoms with Crippen molar-refractivity contribution in [3.63, 3.8) is 0 Å². The number of benzene rings is 2. The zero-order valence-electron chi connectivity index (χ0n) is 12.4. The summed E-state index contributed by atoms with van der Waals surface area (Å²) in [4.78, 5) is 2.12. The van der Waals surface area contributed by atoms with Gasteiger partial charge in [0, 0.05) is 12.7 Å². The van der Waals surface area contributed by atoms with E-state index in [1.54, 1.807) is 7.11 Å². The summed E-state index contributed by atoms with van der Waals surface area (Å²) >= 11 is 0. The topological polar surface area (TPSA) is 12.5 Å². The molecule has 0 saturated heterocycles. The molecule has 0 N–H and O–H groups in total. The predicted molar refractivity (Wildman–Crippen MR) is 89.5 cm³/mol. The molecule has 2 nitrogen and oxygen atoms in total. The van der Waals surface area contributed by atoms with Gasteiger partial charge in [0.25, 0.3) is 0 Å². The molecule has 0 aliphatic heterocycles. The summed E-state index contributed by atoms with van der Waals surface area (Å²) in [5.41, 5.74) is 2.28. The monoisotopic (exact) mass is 277 g/mol. The zero-order valence-corrected chi connectivity index (χ0v) is 12.4. The van der Waals surface area contributed by atoms with Gasteiger partial charge in [-0.05, 0) is 42.0 Å². The van der Waals surface area contributed by atoms with Gasteiger partial charge in [0.15, 0.2) is 0 Å². The van der Waals surface area contributed by atoms with Crippen LogP contribution >= 0.6 is 0 Å². The maximum absolute atomic E-state index is 5.12. The van der Waals surface area contributed by atoms with Crippen LogP contribution in [-0.2, 0) is 0 Å². The third kappa shape index (κ3) is 4.74. The molecule has 2 aromatic carbocycles. The molecule has 0 aromatic heterocycles. The van der Waals surface area contributed by atoms with Crippen LogP contribution in [0.25, 0.3) is 6.08 Å². The third-order valence-corrected chi connectivity index (χ3v) is 3.09. The van der Waals surface area contributed by atoms with Crippen LogP contribution in [0.4, 0.5) is 5.69 Å². The van der Waals surface area contributed by atoms with Crippen LogP contribution in [0.2, 0.25) is 0 Å². The average Bonchev–Trinajstić information content (AvgIpc) is 2.55. The standard InChI is InChI=1S/C19H19NO/c1-20(18-10-6-3-7-11-18)16-8-4-5-9-17-12-14-19(21-2)15-13-17/h3,5-7,9-15H,16H2,1-2H3/b9-5+. The van der Waals surface area contributed by atoms with Crippen LogP contribution in [0, 0.1) is 11.8 Å². The second-order valence-corrected chi connectivity index (χ2v) is 4.62. The van der Waals surface area contributed by atoms with E-state index in [0.717, 1.165) is 11.3 Å². The van der Waals surface area contributed by atoms with Crippen molar-refractivity contribution in [3.8, 4) is 17.6 Å². The Morgan fingerprint density at radius 2 is 1.76 bits per heavy atom. The lowest BCUT2D eigenvalue weighted by atomic mass is 10.2. The lowest BCUT2D eigenvalue weighted by Gasteiger charge is -2.15. The van der Waals surface area contributed by atoms with Gasteiger partial charge in [0.2, 0.25) is 0 Å². The molecule has 0 radical (unpaired) electrons. The molecule has 2 heteroatoms. The number of rotatable bonds is 4. The van der Waals surface area contributed by atoms with Crippen LogP contribution in [0.5, 0.6) is 5.75 Å². The van der Waals surface area contributed by atoms with E-state index in [1.807, 2.05) is 61.7 Å². The molecule has 0 bridgehead atoms. The van der Waals surface area contributed by atoms with Gasteiger partial charge in [-0.25, -0.2) is 0 Å². The first-order valence-electron chi connectivity index (χ1n) is 6.85. The minimum atomic E-state index is 0.705. The van der Waals surface area contributed by atoms with Gasteiger partial charge in [0.1, 0.15) is 5.75 Å². The highest BCUT2D eigenvalue weighted by molar-refractivity contribution is 5.54. The summed E-state index contributed by atoms with van der Waals surface area (Å²) < 4.78 is 5.12. The molecular weight excluding hydrogens is 258 g/mol. The van der Waals surface area contributed by atoms with Crippen molar-refractivity contribution < 1.29 is 4.74 Å². The van der Waals surface area contributed by atoms with E-state index in [1.165, 1.54) is 5.69 Å². The normalized spacial score (nSPS) is 10.0. The van der Waals surface area contributed by atoms with Crippen LogP contribution < -0.4 is 9.64 Å². The third-order valence-electron chi connectivity index (χ3n) is 3.09. The largest absolute Gasteiger partial charge is 0.497 e. The minimum absolute atomic E-state index is 0.705. The van der Waals surface area contributed by atoms with Gasteiger partial charge >= 0.3 is 0 Å². The number of hydrogen-bond donors (Lipinski definition) is 0. The van der Waals surface area contributed by atoms with E-state index in [0.29, 0.717) is 6.54 Å². The predicted octanol–water partition coefficient (Wildman–Crippen LogP) is 3.85. The van der Waals surface area contributed by atoms with Gasteiger partial charge in [-0.15, -0.1) is 0 Å². The second-order valence-electron chi connectivity index (χ2n) is 4.62. The Balaban J connectivity index is 1.87. The Morgan fingerprint density at radius 1 is 1.05 bits per heavy atom. The summed E-state index contributed by atoms with van der Waals surface area (Å²) in [5.74, 6) is 7.06. The van der Waals surface area contributed by atoms with Crippen LogP contribution in [0.3, 0.4) is 0 Å². The molecule has 0 fully saturated rings. The quantitative estimate of drug-likeness (QED) is 0.787. The van der Waals surface area contributed by atoms with Crippen molar-refractivity contribution in [1.82, 2.24) is 0 Å². The lowest BCUT2D eigenvalue weighted by Crippen LogP contribution is -2.16. The fraction of sp³-hybridized carbons (Fsp3) is 0.158. The van der Waals surface area contributed by atoms with Crippen molar-refractivity contribution in [2.24, 2.45) is 0 Å². The molecule has 0 amide bonds. The minimum Gasteiger partial charge on any atom is -0.497 e. The van der Waals surface area contributed by atoms with Crippen LogP contribution in [-0.4, -0.2) is 20.7 Å². The lowest BCUT2D eigenvalue weighted by molar-refractivity contribution is 0.415. The second kappa shape index (κ2) is 7.81. The van der Waals surface area contributed by atoms with Gasteiger partial charge in [-0.1, -0.05) is 42.2 Å². The number of methoxy groups -OCH3 is 1. The van der Waals surface area contributed by atoms with E-state index in [9.17, 15) is 0 Å². The molecule has 21 heavy (non-hydrogen) atoms. The number of nitrogens with zero attached hydrogens (tertiary/aromatic N) is 1.